The van der Waals surface area contributed by atoms with Gasteiger partial charge in [0.25, 0.3) is 0 Å². The normalized spacial score (nSPS) is 19.9. The third kappa shape index (κ3) is 3.55. The Labute approximate surface area is 130 Å². The van der Waals surface area contributed by atoms with E-state index in [0.717, 1.165) is 10.0 Å². The van der Waals surface area contributed by atoms with Gasteiger partial charge in [0.2, 0.25) is 5.91 Å². The summed E-state index contributed by atoms with van der Waals surface area (Å²) in [4.78, 5) is 24.8. The van der Waals surface area contributed by atoms with Gasteiger partial charge in [-0.3, -0.25) is 4.79 Å². The van der Waals surface area contributed by atoms with Crippen LogP contribution in [0.25, 0.3) is 0 Å². The average Bonchev–Trinajstić information content (AvgIpc) is 2.88. The molecule has 1 amide bonds. The van der Waals surface area contributed by atoms with Crippen molar-refractivity contribution in [1.82, 2.24) is 4.90 Å². The topological polar surface area (TPSA) is 57.6 Å². The van der Waals surface area contributed by atoms with Gasteiger partial charge in [-0.15, -0.1) is 11.8 Å². The summed E-state index contributed by atoms with van der Waals surface area (Å²) < 4.78 is 1.00. The first-order chi connectivity index (χ1) is 9.49. The number of aliphatic carboxylic acids is 1. The number of carbonyl (C=O) groups excluding carboxylic acids is 1. The number of carboxylic acid groups (broad SMARTS) is 1. The highest BCUT2D eigenvalue weighted by molar-refractivity contribution is 9.10. The van der Waals surface area contributed by atoms with E-state index in [0.29, 0.717) is 18.1 Å². The van der Waals surface area contributed by atoms with Crippen molar-refractivity contribution >= 4 is 39.6 Å². The molecule has 1 saturated heterocycles. The molecule has 1 aliphatic rings. The SMILES string of the molecule is CC(CC(=O)N1CSC[C@H]1C(=O)O)c1ccc(Br)cc1. The van der Waals surface area contributed by atoms with Crippen molar-refractivity contribution in [2.24, 2.45) is 0 Å². The smallest absolute Gasteiger partial charge is 0.327 e. The Kier molecular flexibility index (Phi) is 5.10. The van der Waals surface area contributed by atoms with Crippen LogP contribution in [0.1, 0.15) is 24.8 Å². The minimum atomic E-state index is -0.917. The summed E-state index contributed by atoms with van der Waals surface area (Å²) >= 11 is 4.87. The molecule has 2 rings (SSSR count). The average molecular weight is 358 g/mol. The Hall–Kier alpha value is -1.01. The first-order valence-electron chi connectivity index (χ1n) is 6.34. The van der Waals surface area contributed by atoms with E-state index in [2.05, 4.69) is 15.9 Å². The Morgan fingerprint density at radius 1 is 1.45 bits per heavy atom. The Bertz CT molecular complexity index is 506. The van der Waals surface area contributed by atoms with Crippen LogP contribution in [0, 0.1) is 0 Å². The van der Waals surface area contributed by atoms with Gasteiger partial charge in [0.05, 0.1) is 5.88 Å². The maximum atomic E-state index is 12.3. The van der Waals surface area contributed by atoms with Gasteiger partial charge in [0.15, 0.2) is 0 Å². The van der Waals surface area contributed by atoms with Crippen molar-refractivity contribution in [2.45, 2.75) is 25.3 Å². The van der Waals surface area contributed by atoms with E-state index in [4.69, 9.17) is 5.11 Å². The number of carboxylic acids is 1. The van der Waals surface area contributed by atoms with Crippen molar-refractivity contribution in [2.75, 3.05) is 11.6 Å². The van der Waals surface area contributed by atoms with E-state index in [1.807, 2.05) is 31.2 Å². The number of thioether (sulfide) groups is 1. The van der Waals surface area contributed by atoms with Gasteiger partial charge in [-0.1, -0.05) is 35.0 Å². The number of benzene rings is 1. The van der Waals surface area contributed by atoms with Crippen molar-refractivity contribution < 1.29 is 14.7 Å². The summed E-state index contributed by atoms with van der Waals surface area (Å²) in [5.41, 5.74) is 1.08. The van der Waals surface area contributed by atoms with E-state index in [1.54, 1.807) is 0 Å². The molecule has 0 radical (unpaired) electrons. The maximum Gasteiger partial charge on any atom is 0.327 e. The molecular formula is C14H16BrNO3S. The third-order valence-corrected chi connectivity index (χ3v) is 4.95. The molecule has 1 aliphatic heterocycles. The molecule has 4 nitrogen and oxygen atoms in total. The second-order valence-corrected chi connectivity index (χ2v) is 6.79. The van der Waals surface area contributed by atoms with Crippen molar-refractivity contribution in [1.29, 1.82) is 0 Å². The van der Waals surface area contributed by atoms with Crippen LogP contribution < -0.4 is 0 Å². The Morgan fingerprint density at radius 3 is 2.70 bits per heavy atom. The number of halogens is 1. The molecule has 1 heterocycles. The second kappa shape index (κ2) is 6.63. The zero-order valence-corrected chi connectivity index (χ0v) is 13.5. The highest BCUT2D eigenvalue weighted by Gasteiger charge is 2.34. The fraction of sp³-hybridized carbons (Fsp3) is 0.429. The zero-order valence-electron chi connectivity index (χ0n) is 11.1. The Balaban J connectivity index is 2.00. The molecule has 0 saturated carbocycles. The zero-order chi connectivity index (χ0) is 14.7. The lowest BCUT2D eigenvalue weighted by atomic mass is 9.97. The fourth-order valence-corrected chi connectivity index (χ4v) is 3.62. The molecule has 0 aromatic heterocycles. The molecule has 6 heteroatoms. The number of carbonyl (C=O) groups is 2. The van der Waals surface area contributed by atoms with Crippen LogP contribution in [0.3, 0.4) is 0 Å². The summed E-state index contributed by atoms with van der Waals surface area (Å²) in [6.45, 7) is 1.99. The predicted molar refractivity (Wildman–Crippen MR) is 82.8 cm³/mol. The number of nitrogens with zero attached hydrogens (tertiary/aromatic N) is 1. The van der Waals surface area contributed by atoms with Crippen LogP contribution in [0.2, 0.25) is 0 Å². The Morgan fingerprint density at radius 2 is 2.10 bits per heavy atom. The molecule has 108 valence electrons. The lowest BCUT2D eigenvalue weighted by molar-refractivity contribution is -0.147. The standard InChI is InChI=1S/C14H16BrNO3S/c1-9(10-2-4-11(15)5-3-10)6-13(17)16-8-20-7-12(16)14(18)19/h2-5,9,12H,6-8H2,1H3,(H,18,19)/t9?,12-/m0/s1. The maximum absolute atomic E-state index is 12.3. The molecule has 1 unspecified atom stereocenters. The van der Waals surface area contributed by atoms with Gasteiger partial charge < -0.3 is 10.0 Å². The first-order valence-corrected chi connectivity index (χ1v) is 8.29. The van der Waals surface area contributed by atoms with E-state index in [9.17, 15) is 9.59 Å². The lowest BCUT2D eigenvalue weighted by Gasteiger charge is -2.22. The van der Waals surface area contributed by atoms with Crippen LogP contribution in [0.15, 0.2) is 28.7 Å². The van der Waals surface area contributed by atoms with E-state index >= 15 is 0 Å². The van der Waals surface area contributed by atoms with Crippen molar-refractivity contribution in [3.8, 4) is 0 Å². The number of hydrogen-bond donors (Lipinski definition) is 1. The van der Waals surface area contributed by atoms with Gasteiger partial charge in [-0.05, 0) is 23.6 Å². The number of hydrogen-bond acceptors (Lipinski definition) is 3. The lowest BCUT2D eigenvalue weighted by Crippen LogP contribution is -2.42. The van der Waals surface area contributed by atoms with Crippen LogP contribution >= 0.6 is 27.7 Å². The molecule has 20 heavy (non-hydrogen) atoms. The summed E-state index contributed by atoms with van der Waals surface area (Å²) in [5, 5.41) is 9.10. The van der Waals surface area contributed by atoms with Gasteiger partial charge in [0, 0.05) is 16.6 Å². The largest absolute Gasteiger partial charge is 0.480 e. The first kappa shape index (κ1) is 15.4. The second-order valence-electron chi connectivity index (χ2n) is 4.87. The summed E-state index contributed by atoms with van der Waals surface area (Å²) in [6, 6.07) is 7.18. The molecule has 0 bridgehead atoms. The monoisotopic (exact) mass is 357 g/mol. The summed E-state index contributed by atoms with van der Waals surface area (Å²) in [7, 11) is 0. The molecule has 0 spiro atoms. The summed E-state index contributed by atoms with van der Waals surface area (Å²) in [6.07, 6.45) is 0.339. The van der Waals surface area contributed by atoms with E-state index < -0.39 is 12.0 Å². The quantitative estimate of drug-likeness (QED) is 0.899. The molecule has 0 aliphatic carbocycles. The summed E-state index contributed by atoms with van der Waals surface area (Å²) in [5.74, 6) is 0.0319. The fourth-order valence-electron chi connectivity index (χ4n) is 2.18. The highest BCUT2D eigenvalue weighted by Crippen LogP contribution is 2.26. The molecule has 2 atom stereocenters. The molecular weight excluding hydrogens is 342 g/mol. The molecule has 1 fully saturated rings. The molecule has 1 aromatic rings. The highest BCUT2D eigenvalue weighted by atomic mass is 79.9. The van der Waals surface area contributed by atoms with Gasteiger partial charge in [0.1, 0.15) is 6.04 Å². The van der Waals surface area contributed by atoms with Gasteiger partial charge in [-0.2, -0.15) is 0 Å². The minimum Gasteiger partial charge on any atom is -0.480 e. The van der Waals surface area contributed by atoms with Crippen LogP contribution in [0.4, 0.5) is 0 Å². The van der Waals surface area contributed by atoms with Crippen molar-refractivity contribution in [3.05, 3.63) is 34.3 Å². The minimum absolute atomic E-state index is 0.0793. The van der Waals surface area contributed by atoms with E-state index in [-0.39, 0.29) is 11.8 Å². The van der Waals surface area contributed by atoms with Gasteiger partial charge >= 0.3 is 5.97 Å². The number of amides is 1. The third-order valence-electron chi connectivity index (χ3n) is 3.41. The number of rotatable bonds is 4. The van der Waals surface area contributed by atoms with Crippen LogP contribution in [0.5, 0.6) is 0 Å². The molecule has 1 aromatic carbocycles. The predicted octanol–water partition coefficient (Wildman–Crippen LogP) is 2.93. The molecule has 1 N–H and O–H groups in total. The van der Waals surface area contributed by atoms with Crippen LogP contribution in [-0.2, 0) is 9.59 Å². The van der Waals surface area contributed by atoms with Crippen LogP contribution in [-0.4, -0.2) is 39.6 Å². The van der Waals surface area contributed by atoms with Crippen molar-refractivity contribution in [3.63, 3.8) is 0 Å². The van der Waals surface area contributed by atoms with E-state index in [1.165, 1.54) is 16.7 Å². The van der Waals surface area contributed by atoms with Gasteiger partial charge in [-0.25, -0.2) is 4.79 Å².